The summed E-state index contributed by atoms with van der Waals surface area (Å²) in [6, 6.07) is 1.34. The summed E-state index contributed by atoms with van der Waals surface area (Å²) >= 11 is 0. The molecule has 0 fully saturated rings. The molecule has 7 heteroatoms. The van der Waals surface area contributed by atoms with Crippen molar-refractivity contribution in [3.63, 3.8) is 0 Å². The van der Waals surface area contributed by atoms with Crippen molar-refractivity contribution in [3.05, 3.63) is 34.1 Å². The first kappa shape index (κ1) is 18.5. The van der Waals surface area contributed by atoms with Crippen LogP contribution >= 0.6 is 0 Å². The van der Waals surface area contributed by atoms with Crippen molar-refractivity contribution in [1.82, 2.24) is 0 Å². The maximum atomic E-state index is 12.2. The minimum absolute atomic E-state index is 0.109. The number of ether oxygens (including phenoxy) is 4. The molecular weight excluding hydrogens is 304 g/mol. The molecule has 0 heterocycles. The van der Waals surface area contributed by atoms with E-state index in [1.54, 1.807) is 13.0 Å². The first-order valence-corrected chi connectivity index (χ1v) is 6.67. The van der Waals surface area contributed by atoms with Crippen molar-refractivity contribution >= 4 is 18.0 Å². The molecule has 1 aromatic rings. The lowest BCUT2D eigenvalue weighted by atomic mass is 9.94. The molecule has 0 radical (unpaired) electrons. The van der Waals surface area contributed by atoms with Gasteiger partial charge in [-0.25, -0.2) is 9.59 Å². The van der Waals surface area contributed by atoms with Gasteiger partial charge in [0.1, 0.15) is 11.3 Å². The van der Waals surface area contributed by atoms with E-state index in [2.05, 4.69) is 4.74 Å². The Morgan fingerprint density at radius 1 is 1.04 bits per heavy atom. The molecular formula is C16H20O7. The molecule has 126 valence electrons. The van der Waals surface area contributed by atoms with Gasteiger partial charge in [0.25, 0.3) is 0 Å². The van der Waals surface area contributed by atoms with Gasteiger partial charge in [0.2, 0.25) is 0 Å². The fourth-order valence-corrected chi connectivity index (χ4v) is 2.06. The van der Waals surface area contributed by atoms with Gasteiger partial charge in [-0.3, -0.25) is 0 Å². The van der Waals surface area contributed by atoms with Crippen molar-refractivity contribution in [2.24, 2.45) is 0 Å². The smallest absolute Gasteiger partial charge is 0.342 e. The van der Waals surface area contributed by atoms with Gasteiger partial charge in [0.15, 0.2) is 0 Å². The standard InChI is InChI=1S/C16H20O7/c1-9(21-3)6-11-10(8-20-2)7-12(17)14(16(19)23-5)13(11)15(18)22-4/h6-7,17H,8H2,1-5H3/b9-6-. The van der Waals surface area contributed by atoms with Gasteiger partial charge >= 0.3 is 11.9 Å². The molecule has 0 bridgehead atoms. The van der Waals surface area contributed by atoms with Crippen LogP contribution in [0.4, 0.5) is 0 Å². The van der Waals surface area contributed by atoms with E-state index in [0.717, 1.165) is 7.11 Å². The van der Waals surface area contributed by atoms with Crippen LogP contribution in [-0.2, 0) is 25.6 Å². The van der Waals surface area contributed by atoms with E-state index in [9.17, 15) is 14.7 Å². The number of carbonyl (C=O) groups is 2. The first-order valence-electron chi connectivity index (χ1n) is 6.67. The largest absolute Gasteiger partial charge is 0.507 e. The summed E-state index contributed by atoms with van der Waals surface area (Å²) in [5.41, 5.74) is 0.475. The average molecular weight is 324 g/mol. The molecule has 0 aliphatic rings. The Morgan fingerprint density at radius 2 is 1.61 bits per heavy atom. The number of allylic oxidation sites excluding steroid dienone is 1. The quantitative estimate of drug-likeness (QED) is 0.633. The minimum atomic E-state index is -0.850. The summed E-state index contributed by atoms with van der Waals surface area (Å²) in [4.78, 5) is 24.2. The molecule has 0 aliphatic heterocycles. The molecule has 7 nitrogen and oxygen atoms in total. The number of carbonyl (C=O) groups excluding carboxylic acids is 2. The van der Waals surface area contributed by atoms with E-state index in [1.807, 2.05) is 0 Å². The highest BCUT2D eigenvalue weighted by Gasteiger charge is 2.28. The van der Waals surface area contributed by atoms with Crippen LogP contribution in [0.15, 0.2) is 11.8 Å². The van der Waals surface area contributed by atoms with Crippen LogP contribution < -0.4 is 0 Å². The Labute approximate surface area is 134 Å². The molecule has 0 atom stereocenters. The fraction of sp³-hybridized carbons (Fsp3) is 0.375. The fourth-order valence-electron chi connectivity index (χ4n) is 2.06. The number of benzene rings is 1. The van der Waals surface area contributed by atoms with Crippen LogP contribution in [0.3, 0.4) is 0 Å². The van der Waals surface area contributed by atoms with Crippen molar-refractivity contribution in [3.8, 4) is 5.75 Å². The lowest BCUT2D eigenvalue weighted by Crippen LogP contribution is -2.16. The zero-order valence-electron chi connectivity index (χ0n) is 13.8. The van der Waals surface area contributed by atoms with Crippen molar-refractivity contribution in [1.29, 1.82) is 0 Å². The number of esters is 2. The lowest BCUT2D eigenvalue weighted by molar-refractivity contribution is 0.0551. The second kappa shape index (κ2) is 8.19. The van der Waals surface area contributed by atoms with E-state index in [1.165, 1.54) is 27.4 Å². The summed E-state index contributed by atoms with van der Waals surface area (Å²) in [5.74, 6) is -1.53. The number of phenolic OH excluding ortho intramolecular Hbond substituents is 1. The molecule has 0 spiro atoms. The van der Waals surface area contributed by atoms with Crippen LogP contribution in [-0.4, -0.2) is 45.5 Å². The van der Waals surface area contributed by atoms with Gasteiger partial charge in [-0.05, 0) is 30.2 Å². The zero-order chi connectivity index (χ0) is 17.6. The van der Waals surface area contributed by atoms with E-state index in [0.29, 0.717) is 16.9 Å². The number of hydrogen-bond acceptors (Lipinski definition) is 7. The maximum absolute atomic E-state index is 12.2. The Morgan fingerprint density at radius 3 is 2.09 bits per heavy atom. The third-order valence-electron chi connectivity index (χ3n) is 3.18. The predicted molar refractivity (Wildman–Crippen MR) is 82.2 cm³/mol. The second-order valence-electron chi connectivity index (χ2n) is 4.59. The van der Waals surface area contributed by atoms with Crippen LogP contribution in [0, 0.1) is 0 Å². The number of methoxy groups -OCH3 is 4. The van der Waals surface area contributed by atoms with Crippen LogP contribution in [0.2, 0.25) is 0 Å². The van der Waals surface area contributed by atoms with Gasteiger partial charge < -0.3 is 24.1 Å². The van der Waals surface area contributed by atoms with Crippen LogP contribution in [0.1, 0.15) is 38.8 Å². The summed E-state index contributed by atoms with van der Waals surface area (Å²) in [6.45, 7) is 1.80. The molecule has 0 saturated heterocycles. The van der Waals surface area contributed by atoms with Crippen molar-refractivity contribution in [2.75, 3.05) is 28.4 Å². The Balaban J connectivity index is 3.84. The summed E-state index contributed by atoms with van der Waals surface area (Å²) < 4.78 is 19.6. The number of rotatable bonds is 6. The highest BCUT2D eigenvalue weighted by Crippen LogP contribution is 2.32. The summed E-state index contributed by atoms with van der Waals surface area (Å²) in [5, 5.41) is 10.1. The third kappa shape index (κ3) is 4.01. The average Bonchev–Trinajstić information content (AvgIpc) is 2.55. The summed E-state index contributed by atoms with van der Waals surface area (Å²) in [6.07, 6.45) is 1.56. The van der Waals surface area contributed by atoms with E-state index >= 15 is 0 Å². The zero-order valence-corrected chi connectivity index (χ0v) is 13.8. The van der Waals surface area contributed by atoms with Gasteiger partial charge in [-0.1, -0.05) is 0 Å². The SMILES string of the molecule is COCc1cc(O)c(C(=O)OC)c(C(=O)OC)c1/C=C(/C)OC. The van der Waals surface area contributed by atoms with E-state index in [-0.39, 0.29) is 17.7 Å². The number of phenols is 1. The monoisotopic (exact) mass is 324 g/mol. The number of aromatic hydroxyl groups is 1. The molecule has 0 amide bonds. The lowest BCUT2D eigenvalue weighted by Gasteiger charge is -2.16. The first-order chi connectivity index (χ1) is 10.9. The number of hydrogen-bond donors (Lipinski definition) is 1. The van der Waals surface area contributed by atoms with Gasteiger partial charge in [-0.15, -0.1) is 0 Å². The van der Waals surface area contributed by atoms with Gasteiger partial charge in [0, 0.05) is 7.11 Å². The molecule has 1 N–H and O–H groups in total. The van der Waals surface area contributed by atoms with E-state index < -0.39 is 17.7 Å². The Bertz CT molecular complexity index is 632. The molecule has 0 unspecified atom stereocenters. The third-order valence-corrected chi connectivity index (χ3v) is 3.18. The highest BCUT2D eigenvalue weighted by atomic mass is 16.5. The van der Waals surface area contributed by atoms with Crippen molar-refractivity contribution < 1.29 is 33.6 Å². The molecule has 1 aromatic carbocycles. The normalized spacial score (nSPS) is 11.1. The molecule has 1 rings (SSSR count). The molecule has 0 saturated carbocycles. The maximum Gasteiger partial charge on any atom is 0.342 e. The molecule has 23 heavy (non-hydrogen) atoms. The molecule has 0 aliphatic carbocycles. The highest BCUT2D eigenvalue weighted by molar-refractivity contribution is 6.07. The van der Waals surface area contributed by atoms with Crippen LogP contribution in [0.25, 0.3) is 6.08 Å². The Hall–Kier alpha value is -2.54. The van der Waals surface area contributed by atoms with Crippen molar-refractivity contribution in [2.45, 2.75) is 13.5 Å². The van der Waals surface area contributed by atoms with E-state index in [4.69, 9.17) is 14.2 Å². The van der Waals surface area contributed by atoms with Gasteiger partial charge in [-0.2, -0.15) is 0 Å². The Kier molecular flexibility index (Phi) is 6.59. The minimum Gasteiger partial charge on any atom is -0.507 e. The van der Waals surface area contributed by atoms with Crippen LogP contribution in [0.5, 0.6) is 5.75 Å². The predicted octanol–water partition coefficient (Wildman–Crippen LogP) is 2.12. The van der Waals surface area contributed by atoms with Gasteiger partial charge in [0.05, 0.1) is 39.3 Å². The second-order valence-corrected chi connectivity index (χ2v) is 4.59. The molecule has 0 aromatic heterocycles. The summed E-state index contributed by atoms with van der Waals surface area (Å²) in [7, 11) is 5.28. The topological polar surface area (TPSA) is 91.3 Å².